The Morgan fingerprint density at radius 2 is 2.17 bits per heavy atom. The standard InChI is InChI=1S/C6H8F3N3/c1-12-5(6(7,8)9)2-4(3-10)11-12/h2H,3,10H2,1H3. The number of hydrogen-bond acceptors (Lipinski definition) is 2. The molecule has 0 radical (unpaired) electrons. The highest BCUT2D eigenvalue weighted by molar-refractivity contribution is 5.12. The summed E-state index contributed by atoms with van der Waals surface area (Å²) in [5.41, 5.74) is 4.60. The fourth-order valence-electron chi connectivity index (χ4n) is 0.892. The minimum absolute atomic E-state index is 0.0178. The van der Waals surface area contributed by atoms with E-state index in [1.807, 2.05) is 0 Å². The lowest BCUT2D eigenvalue weighted by molar-refractivity contribution is -0.143. The Labute approximate surface area is 67.0 Å². The average molecular weight is 179 g/mol. The average Bonchev–Trinajstić information content (AvgIpc) is 2.29. The van der Waals surface area contributed by atoms with Gasteiger partial charge in [0.2, 0.25) is 0 Å². The van der Waals surface area contributed by atoms with Crippen molar-refractivity contribution in [2.45, 2.75) is 12.7 Å². The third kappa shape index (κ3) is 1.58. The van der Waals surface area contributed by atoms with Gasteiger partial charge >= 0.3 is 6.18 Å². The third-order valence-electron chi connectivity index (χ3n) is 1.43. The van der Waals surface area contributed by atoms with Crippen molar-refractivity contribution in [3.05, 3.63) is 17.5 Å². The van der Waals surface area contributed by atoms with E-state index in [4.69, 9.17) is 5.73 Å². The Morgan fingerprint density at radius 1 is 1.58 bits per heavy atom. The zero-order chi connectivity index (χ0) is 9.35. The van der Waals surface area contributed by atoms with E-state index in [2.05, 4.69) is 5.10 Å². The van der Waals surface area contributed by atoms with Crippen molar-refractivity contribution in [1.29, 1.82) is 0 Å². The number of nitrogens with two attached hydrogens (primary N) is 1. The van der Waals surface area contributed by atoms with E-state index in [9.17, 15) is 13.2 Å². The molecule has 0 amide bonds. The Balaban J connectivity index is 3.08. The summed E-state index contributed by atoms with van der Waals surface area (Å²) in [6, 6.07) is 0.944. The fraction of sp³-hybridized carbons (Fsp3) is 0.500. The fourth-order valence-corrected chi connectivity index (χ4v) is 0.892. The molecule has 1 heterocycles. The van der Waals surface area contributed by atoms with Gasteiger partial charge in [-0.2, -0.15) is 18.3 Å². The number of aryl methyl sites for hydroxylation is 1. The second-order valence-corrected chi connectivity index (χ2v) is 2.35. The van der Waals surface area contributed by atoms with Gasteiger partial charge < -0.3 is 5.73 Å². The Kier molecular flexibility index (Phi) is 2.10. The molecular formula is C6H8F3N3. The lowest BCUT2D eigenvalue weighted by Crippen LogP contribution is -2.11. The van der Waals surface area contributed by atoms with Crippen LogP contribution >= 0.6 is 0 Å². The molecule has 6 heteroatoms. The first-order valence-electron chi connectivity index (χ1n) is 3.25. The van der Waals surface area contributed by atoms with Crippen molar-refractivity contribution < 1.29 is 13.2 Å². The van der Waals surface area contributed by atoms with Crippen molar-refractivity contribution in [2.24, 2.45) is 12.8 Å². The minimum Gasteiger partial charge on any atom is -0.325 e. The predicted molar refractivity (Wildman–Crippen MR) is 36.1 cm³/mol. The van der Waals surface area contributed by atoms with Gasteiger partial charge in [0.25, 0.3) is 0 Å². The summed E-state index contributed by atoms with van der Waals surface area (Å²) < 4.78 is 37.1. The molecule has 0 aromatic carbocycles. The lowest BCUT2D eigenvalue weighted by Gasteiger charge is -2.04. The van der Waals surface area contributed by atoms with E-state index in [0.29, 0.717) is 0 Å². The zero-order valence-electron chi connectivity index (χ0n) is 6.39. The van der Waals surface area contributed by atoms with Gasteiger partial charge in [0, 0.05) is 13.6 Å². The SMILES string of the molecule is Cn1nc(CN)cc1C(F)(F)F. The molecule has 0 bridgehead atoms. The minimum atomic E-state index is -4.35. The molecule has 2 N–H and O–H groups in total. The molecule has 1 rings (SSSR count). The first kappa shape index (κ1) is 9.05. The molecule has 0 unspecified atom stereocenters. The van der Waals surface area contributed by atoms with Gasteiger partial charge in [-0.3, -0.25) is 4.68 Å². The molecule has 12 heavy (non-hydrogen) atoms. The molecule has 0 saturated heterocycles. The number of nitrogens with zero attached hydrogens (tertiary/aromatic N) is 2. The number of rotatable bonds is 1. The van der Waals surface area contributed by atoms with Crippen LogP contribution in [0.1, 0.15) is 11.4 Å². The smallest absolute Gasteiger partial charge is 0.325 e. The molecule has 68 valence electrons. The van der Waals surface area contributed by atoms with Crippen LogP contribution in [0.4, 0.5) is 13.2 Å². The highest BCUT2D eigenvalue weighted by Crippen LogP contribution is 2.28. The molecule has 0 aliphatic carbocycles. The van der Waals surface area contributed by atoms with E-state index < -0.39 is 11.9 Å². The summed E-state index contributed by atoms with van der Waals surface area (Å²) in [6.07, 6.45) is -4.35. The first-order valence-corrected chi connectivity index (χ1v) is 3.25. The maximum absolute atomic E-state index is 12.1. The van der Waals surface area contributed by atoms with Crippen LogP contribution in [0.15, 0.2) is 6.07 Å². The number of halogens is 3. The Hall–Kier alpha value is -1.04. The van der Waals surface area contributed by atoms with Crippen molar-refractivity contribution in [3.63, 3.8) is 0 Å². The highest BCUT2D eigenvalue weighted by atomic mass is 19.4. The van der Waals surface area contributed by atoms with E-state index in [-0.39, 0.29) is 12.2 Å². The molecule has 1 aromatic heterocycles. The molecule has 0 spiro atoms. The van der Waals surface area contributed by atoms with Crippen LogP contribution in [0.5, 0.6) is 0 Å². The molecule has 0 saturated carbocycles. The maximum Gasteiger partial charge on any atom is 0.433 e. The van der Waals surface area contributed by atoms with Crippen molar-refractivity contribution >= 4 is 0 Å². The molecule has 0 atom stereocenters. The van der Waals surface area contributed by atoms with Gasteiger partial charge in [0.15, 0.2) is 0 Å². The molecule has 0 fully saturated rings. The summed E-state index contributed by atoms with van der Waals surface area (Å²) in [6.45, 7) is 0.0178. The maximum atomic E-state index is 12.1. The van der Waals surface area contributed by atoms with E-state index >= 15 is 0 Å². The quantitative estimate of drug-likeness (QED) is 0.696. The van der Waals surface area contributed by atoms with Crippen molar-refractivity contribution in [3.8, 4) is 0 Å². The summed E-state index contributed by atoms with van der Waals surface area (Å²) in [5, 5.41) is 3.57. The zero-order valence-corrected chi connectivity index (χ0v) is 6.39. The molecule has 0 aliphatic heterocycles. The largest absolute Gasteiger partial charge is 0.433 e. The summed E-state index contributed by atoms with van der Waals surface area (Å²) in [7, 11) is 1.24. The van der Waals surface area contributed by atoms with Crippen molar-refractivity contribution in [1.82, 2.24) is 9.78 Å². The number of aromatic nitrogens is 2. The van der Waals surface area contributed by atoms with Gasteiger partial charge in [0.05, 0.1) is 5.69 Å². The van der Waals surface area contributed by atoms with Crippen LogP contribution in [0, 0.1) is 0 Å². The summed E-state index contributed by atoms with van der Waals surface area (Å²) in [5.74, 6) is 0. The third-order valence-corrected chi connectivity index (χ3v) is 1.43. The predicted octanol–water partition coefficient (Wildman–Crippen LogP) is 0.898. The van der Waals surface area contributed by atoms with Gasteiger partial charge in [0.1, 0.15) is 5.69 Å². The molecule has 3 nitrogen and oxygen atoms in total. The highest BCUT2D eigenvalue weighted by Gasteiger charge is 2.34. The van der Waals surface area contributed by atoms with Gasteiger partial charge in [-0.05, 0) is 6.07 Å². The van der Waals surface area contributed by atoms with Crippen LogP contribution in [-0.2, 0) is 19.8 Å². The van der Waals surface area contributed by atoms with E-state index in [1.165, 1.54) is 7.05 Å². The van der Waals surface area contributed by atoms with Crippen LogP contribution in [0.25, 0.3) is 0 Å². The van der Waals surface area contributed by atoms with Gasteiger partial charge in [-0.1, -0.05) is 0 Å². The monoisotopic (exact) mass is 179 g/mol. The second-order valence-electron chi connectivity index (χ2n) is 2.35. The topological polar surface area (TPSA) is 43.8 Å². The number of hydrogen-bond donors (Lipinski definition) is 1. The van der Waals surface area contributed by atoms with Crippen LogP contribution in [0.2, 0.25) is 0 Å². The first-order chi connectivity index (χ1) is 5.45. The summed E-state index contributed by atoms with van der Waals surface area (Å²) >= 11 is 0. The van der Waals surface area contributed by atoms with E-state index in [0.717, 1.165) is 10.7 Å². The van der Waals surface area contributed by atoms with Gasteiger partial charge in [-0.15, -0.1) is 0 Å². The van der Waals surface area contributed by atoms with Crippen LogP contribution in [-0.4, -0.2) is 9.78 Å². The molecule has 1 aromatic rings. The lowest BCUT2D eigenvalue weighted by atomic mass is 10.3. The Bertz CT molecular complexity index is 276. The van der Waals surface area contributed by atoms with Gasteiger partial charge in [-0.25, -0.2) is 0 Å². The normalized spacial score (nSPS) is 12.1. The van der Waals surface area contributed by atoms with Crippen LogP contribution < -0.4 is 5.73 Å². The summed E-state index contributed by atoms with van der Waals surface area (Å²) in [4.78, 5) is 0. The van der Waals surface area contributed by atoms with Crippen molar-refractivity contribution in [2.75, 3.05) is 0 Å². The molecular weight excluding hydrogens is 171 g/mol. The Morgan fingerprint density at radius 3 is 2.42 bits per heavy atom. The van der Waals surface area contributed by atoms with Crippen LogP contribution in [0.3, 0.4) is 0 Å². The van der Waals surface area contributed by atoms with E-state index in [1.54, 1.807) is 0 Å². The number of alkyl halides is 3. The second kappa shape index (κ2) is 2.78. The molecule has 0 aliphatic rings.